The third-order valence-electron chi connectivity index (χ3n) is 6.04. The molecule has 0 saturated carbocycles. The number of carbonyl (C=O) groups is 3. The highest BCUT2D eigenvalue weighted by atomic mass is 35.5. The molecule has 2 atom stereocenters. The van der Waals surface area contributed by atoms with E-state index in [1.807, 2.05) is 42.5 Å². The fourth-order valence-corrected chi connectivity index (χ4v) is 4.71. The van der Waals surface area contributed by atoms with E-state index in [-0.39, 0.29) is 23.9 Å². The van der Waals surface area contributed by atoms with Crippen LogP contribution in [0.5, 0.6) is 0 Å². The molecular weight excluding hydrogens is 416 g/mol. The lowest BCUT2D eigenvalue weighted by Gasteiger charge is -2.34. The average molecular weight is 441 g/mol. The molecule has 7 heteroatoms. The molecule has 1 unspecified atom stereocenters. The van der Waals surface area contributed by atoms with E-state index in [0.717, 1.165) is 35.1 Å². The van der Waals surface area contributed by atoms with Gasteiger partial charge in [-0.1, -0.05) is 54.1 Å². The Kier molecular flexibility index (Phi) is 6.39. The number of piperidine rings is 2. The summed E-state index contributed by atoms with van der Waals surface area (Å²) in [7, 11) is 1.64. The summed E-state index contributed by atoms with van der Waals surface area (Å²) in [4.78, 5) is 37.8. The molecule has 6 nitrogen and oxygen atoms in total. The Bertz CT molecular complexity index is 1010. The van der Waals surface area contributed by atoms with Gasteiger partial charge in [-0.15, -0.1) is 0 Å². The van der Waals surface area contributed by atoms with Gasteiger partial charge in [-0.05, 0) is 36.0 Å². The number of hydrogen-bond acceptors (Lipinski definition) is 4. The molecule has 0 radical (unpaired) electrons. The van der Waals surface area contributed by atoms with Crippen LogP contribution in [0.4, 0.5) is 0 Å². The topological polar surface area (TPSA) is 75.7 Å². The molecule has 2 aliphatic heterocycles. The molecule has 2 fully saturated rings. The Hall–Kier alpha value is -2.70. The van der Waals surface area contributed by atoms with Crippen molar-refractivity contribution < 1.29 is 19.1 Å². The fraction of sp³-hybridized carbons (Fsp3) is 0.375. The second kappa shape index (κ2) is 9.20. The standard InChI is InChI=1S/C24H25ClN2O4/c1-31-22-7-3-6-21(29)27(22)14-15-8-10-16(11-9-15)17-4-2-5-18(23(17)25)19-12-13-20(28)26-24(19)30/h2,4-5,8-11,19,22H,3,6-7,12-14H2,1H3,(H,26,28,30)/t19-,22?/m0/s1. The van der Waals surface area contributed by atoms with Crippen LogP contribution < -0.4 is 5.32 Å². The average Bonchev–Trinajstić information content (AvgIpc) is 2.76. The number of amides is 3. The van der Waals surface area contributed by atoms with Crippen LogP contribution in [0.25, 0.3) is 11.1 Å². The maximum atomic E-state index is 12.3. The highest BCUT2D eigenvalue weighted by Crippen LogP contribution is 2.37. The molecule has 2 aliphatic rings. The minimum Gasteiger partial charge on any atom is -0.362 e. The summed E-state index contributed by atoms with van der Waals surface area (Å²) in [6.45, 7) is 0.502. The number of benzene rings is 2. The number of carbonyl (C=O) groups excluding carboxylic acids is 3. The lowest BCUT2D eigenvalue weighted by Crippen LogP contribution is -2.43. The zero-order valence-electron chi connectivity index (χ0n) is 17.4. The number of methoxy groups -OCH3 is 1. The first-order valence-corrected chi connectivity index (χ1v) is 10.9. The van der Waals surface area contributed by atoms with Gasteiger partial charge in [-0.25, -0.2) is 0 Å². The number of nitrogens with zero attached hydrogens (tertiary/aromatic N) is 1. The van der Waals surface area contributed by atoms with Crippen LogP contribution in [0.15, 0.2) is 42.5 Å². The minimum absolute atomic E-state index is 0.113. The molecule has 2 aromatic rings. The van der Waals surface area contributed by atoms with Gasteiger partial charge in [-0.3, -0.25) is 19.7 Å². The van der Waals surface area contributed by atoms with Gasteiger partial charge in [0, 0.05) is 32.1 Å². The monoisotopic (exact) mass is 440 g/mol. The number of nitrogens with one attached hydrogen (secondary N) is 1. The Morgan fingerprint density at radius 3 is 2.55 bits per heavy atom. The SMILES string of the molecule is COC1CCCC(=O)N1Cc1ccc(-c2cccc([C@@H]3CCC(=O)NC3=O)c2Cl)cc1. The van der Waals surface area contributed by atoms with E-state index >= 15 is 0 Å². The molecule has 2 saturated heterocycles. The molecule has 2 aromatic carbocycles. The van der Waals surface area contributed by atoms with Gasteiger partial charge in [0.05, 0.1) is 10.9 Å². The summed E-state index contributed by atoms with van der Waals surface area (Å²) in [5.41, 5.74) is 3.50. The third-order valence-corrected chi connectivity index (χ3v) is 6.46. The molecular formula is C24H25ClN2O4. The van der Waals surface area contributed by atoms with Crippen molar-refractivity contribution in [1.29, 1.82) is 0 Å². The van der Waals surface area contributed by atoms with E-state index in [9.17, 15) is 14.4 Å². The maximum absolute atomic E-state index is 12.3. The lowest BCUT2D eigenvalue weighted by atomic mass is 9.88. The number of imide groups is 1. The first-order valence-electron chi connectivity index (χ1n) is 10.5. The molecule has 162 valence electrons. The van der Waals surface area contributed by atoms with Crippen molar-refractivity contribution in [3.63, 3.8) is 0 Å². The molecule has 0 aromatic heterocycles. The van der Waals surface area contributed by atoms with Gasteiger partial charge in [0.25, 0.3) is 0 Å². The minimum atomic E-state index is -0.430. The summed E-state index contributed by atoms with van der Waals surface area (Å²) < 4.78 is 5.48. The number of hydrogen-bond donors (Lipinski definition) is 1. The van der Waals surface area contributed by atoms with Crippen LogP contribution in [-0.2, 0) is 25.7 Å². The smallest absolute Gasteiger partial charge is 0.234 e. The summed E-state index contributed by atoms with van der Waals surface area (Å²) >= 11 is 6.70. The quantitative estimate of drug-likeness (QED) is 0.712. The van der Waals surface area contributed by atoms with Crippen molar-refractivity contribution in [3.05, 3.63) is 58.6 Å². The molecule has 0 spiro atoms. The molecule has 31 heavy (non-hydrogen) atoms. The fourth-order valence-electron chi connectivity index (χ4n) is 4.34. The van der Waals surface area contributed by atoms with Crippen molar-refractivity contribution in [1.82, 2.24) is 10.2 Å². The number of likely N-dealkylation sites (tertiary alicyclic amines) is 1. The van der Waals surface area contributed by atoms with Crippen LogP contribution in [0.3, 0.4) is 0 Å². The highest BCUT2D eigenvalue weighted by Gasteiger charge is 2.30. The van der Waals surface area contributed by atoms with E-state index in [1.54, 1.807) is 12.0 Å². The van der Waals surface area contributed by atoms with E-state index in [0.29, 0.717) is 30.8 Å². The number of rotatable bonds is 5. The van der Waals surface area contributed by atoms with Crippen LogP contribution in [0.2, 0.25) is 5.02 Å². The lowest BCUT2D eigenvalue weighted by molar-refractivity contribution is -0.151. The van der Waals surface area contributed by atoms with Crippen LogP contribution >= 0.6 is 11.6 Å². The van der Waals surface area contributed by atoms with Crippen molar-refractivity contribution >= 4 is 29.3 Å². The molecule has 2 heterocycles. The second-order valence-corrected chi connectivity index (χ2v) is 8.39. The first kappa shape index (κ1) is 21.5. The molecule has 4 rings (SSSR count). The zero-order chi connectivity index (χ0) is 22.0. The van der Waals surface area contributed by atoms with E-state index < -0.39 is 5.92 Å². The largest absolute Gasteiger partial charge is 0.362 e. The second-order valence-electron chi connectivity index (χ2n) is 8.01. The van der Waals surface area contributed by atoms with Crippen molar-refractivity contribution in [2.24, 2.45) is 0 Å². The Morgan fingerprint density at radius 1 is 1.06 bits per heavy atom. The molecule has 1 N–H and O–H groups in total. The predicted octanol–water partition coefficient (Wildman–Crippen LogP) is 4.01. The van der Waals surface area contributed by atoms with E-state index in [4.69, 9.17) is 16.3 Å². The highest BCUT2D eigenvalue weighted by molar-refractivity contribution is 6.34. The van der Waals surface area contributed by atoms with E-state index in [1.165, 1.54) is 0 Å². The number of ether oxygens (including phenoxy) is 1. The predicted molar refractivity (Wildman–Crippen MR) is 117 cm³/mol. The summed E-state index contributed by atoms with van der Waals surface area (Å²) in [5, 5.41) is 2.92. The normalized spacial score (nSPS) is 21.9. The van der Waals surface area contributed by atoms with Gasteiger partial charge in [0.1, 0.15) is 6.23 Å². The van der Waals surface area contributed by atoms with Crippen molar-refractivity contribution in [2.45, 2.75) is 50.8 Å². The third kappa shape index (κ3) is 4.50. The number of halogens is 1. The molecule has 0 bridgehead atoms. The summed E-state index contributed by atoms with van der Waals surface area (Å²) in [6.07, 6.45) is 2.85. The van der Waals surface area contributed by atoms with Crippen molar-refractivity contribution in [2.75, 3.05) is 7.11 Å². The Labute approximate surface area is 186 Å². The Morgan fingerprint density at radius 2 is 1.84 bits per heavy atom. The Balaban J connectivity index is 1.55. The summed E-state index contributed by atoms with van der Waals surface area (Å²) in [6, 6.07) is 13.6. The van der Waals surface area contributed by atoms with Gasteiger partial charge >= 0.3 is 0 Å². The van der Waals surface area contributed by atoms with Gasteiger partial charge in [-0.2, -0.15) is 0 Å². The summed E-state index contributed by atoms with van der Waals surface area (Å²) in [5.74, 6) is -0.862. The zero-order valence-corrected chi connectivity index (χ0v) is 18.2. The van der Waals surface area contributed by atoms with Crippen LogP contribution in [0, 0.1) is 0 Å². The molecule has 3 amide bonds. The maximum Gasteiger partial charge on any atom is 0.234 e. The van der Waals surface area contributed by atoms with Gasteiger partial charge < -0.3 is 9.64 Å². The van der Waals surface area contributed by atoms with E-state index in [2.05, 4.69) is 5.32 Å². The van der Waals surface area contributed by atoms with Crippen LogP contribution in [-0.4, -0.2) is 36.0 Å². The van der Waals surface area contributed by atoms with Gasteiger partial charge in [0.2, 0.25) is 17.7 Å². The van der Waals surface area contributed by atoms with Crippen LogP contribution in [0.1, 0.15) is 49.1 Å². The van der Waals surface area contributed by atoms with Crippen molar-refractivity contribution in [3.8, 4) is 11.1 Å². The molecule has 0 aliphatic carbocycles. The van der Waals surface area contributed by atoms with Gasteiger partial charge in [0.15, 0.2) is 0 Å². The first-order chi connectivity index (χ1) is 15.0.